The minimum Gasteiger partial charge on any atom is -0.405 e. The Bertz CT molecular complexity index is 900. The van der Waals surface area contributed by atoms with E-state index in [9.17, 15) is 0 Å². The second kappa shape index (κ2) is 3.93. The zero-order valence-electron chi connectivity index (χ0n) is 11.4. The summed E-state index contributed by atoms with van der Waals surface area (Å²) in [6.07, 6.45) is 0. The molecule has 0 N–H and O–H groups in total. The number of oxazole rings is 1. The van der Waals surface area contributed by atoms with Gasteiger partial charge in [-0.1, -0.05) is 24.3 Å². The predicted molar refractivity (Wildman–Crippen MR) is 76.8 cm³/mol. The van der Waals surface area contributed by atoms with Crippen LogP contribution in [0.3, 0.4) is 0 Å². The zero-order chi connectivity index (χ0) is 13.7. The van der Waals surface area contributed by atoms with Crippen LogP contribution >= 0.6 is 0 Å². The molecule has 0 aliphatic heterocycles. The van der Waals surface area contributed by atoms with Gasteiger partial charge in [-0.15, -0.1) is 4.57 Å². The second-order valence-electron chi connectivity index (χ2n) is 4.89. The van der Waals surface area contributed by atoms with Gasteiger partial charge in [-0.25, -0.2) is 4.57 Å². The molecule has 4 aromatic rings. The Balaban J connectivity index is 2.09. The average molecular weight is 264 g/mol. The Morgan fingerprint density at radius 2 is 1.80 bits per heavy atom. The smallest absolute Gasteiger partial charge is 0.402 e. The van der Waals surface area contributed by atoms with E-state index in [1.807, 2.05) is 36.4 Å². The second-order valence-corrected chi connectivity index (χ2v) is 4.89. The largest absolute Gasteiger partial charge is 0.405 e. The third-order valence-electron chi connectivity index (χ3n) is 3.77. The van der Waals surface area contributed by atoms with Gasteiger partial charge in [0.25, 0.3) is 5.82 Å². The maximum atomic E-state index is 5.89. The Morgan fingerprint density at radius 3 is 2.65 bits per heavy atom. The highest BCUT2D eigenvalue weighted by Crippen LogP contribution is 2.22. The maximum Gasteiger partial charge on any atom is 0.402 e. The van der Waals surface area contributed by atoms with Crippen LogP contribution < -0.4 is 4.57 Å². The number of hydrogen-bond donors (Lipinski definition) is 0. The fourth-order valence-corrected chi connectivity index (χ4v) is 2.63. The Morgan fingerprint density at radius 1 is 1.05 bits per heavy atom. The van der Waals surface area contributed by atoms with E-state index in [1.54, 1.807) is 0 Å². The monoisotopic (exact) mass is 264 g/mol. The standard InChI is InChI=1S/C16H14N3O/c1-11-18(2)13-8-4-5-9-14(13)19(11)16-17-12-7-3-6-10-15(12)20-16/h3-10H,1-2H3/q+1. The molecule has 0 bridgehead atoms. The molecule has 0 amide bonds. The van der Waals surface area contributed by atoms with Gasteiger partial charge >= 0.3 is 6.01 Å². The van der Waals surface area contributed by atoms with Crippen LogP contribution in [0, 0.1) is 6.92 Å². The van der Waals surface area contributed by atoms with Gasteiger partial charge in [0.05, 0.1) is 7.05 Å². The van der Waals surface area contributed by atoms with Crippen LogP contribution in [0.1, 0.15) is 5.82 Å². The van der Waals surface area contributed by atoms with E-state index in [4.69, 9.17) is 4.42 Å². The van der Waals surface area contributed by atoms with Crippen molar-refractivity contribution in [3.63, 3.8) is 0 Å². The first-order valence-electron chi connectivity index (χ1n) is 6.58. The molecule has 98 valence electrons. The maximum absolute atomic E-state index is 5.89. The van der Waals surface area contributed by atoms with Crippen LogP contribution in [0.4, 0.5) is 0 Å². The minimum absolute atomic E-state index is 0.612. The molecule has 20 heavy (non-hydrogen) atoms. The Hall–Kier alpha value is -2.62. The number of para-hydroxylation sites is 4. The molecule has 2 aromatic heterocycles. The fraction of sp³-hybridized carbons (Fsp3) is 0.125. The number of imidazole rings is 1. The predicted octanol–water partition coefficient (Wildman–Crippen LogP) is 2.90. The molecule has 0 unspecified atom stereocenters. The highest BCUT2D eigenvalue weighted by Gasteiger charge is 2.24. The quantitative estimate of drug-likeness (QED) is 0.495. The lowest BCUT2D eigenvalue weighted by atomic mass is 10.3. The lowest BCUT2D eigenvalue weighted by Crippen LogP contribution is -2.30. The molecule has 2 aromatic carbocycles. The SMILES string of the molecule is Cc1n(-c2nc3ccccc3o2)c2ccccc2[n+]1C. The summed E-state index contributed by atoms with van der Waals surface area (Å²) in [5.41, 5.74) is 3.94. The highest BCUT2D eigenvalue weighted by atomic mass is 16.4. The van der Waals surface area contributed by atoms with Crippen LogP contribution in [0.25, 0.3) is 28.1 Å². The van der Waals surface area contributed by atoms with Crippen molar-refractivity contribution in [2.75, 3.05) is 0 Å². The third-order valence-corrected chi connectivity index (χ3v) is 3.77. The summed E-state index contributed by atoms with van der Waals surface area (Å²) in [6, 6.07) is 16.7. The Kier molecular flexibility index (Phi) is 2.21. The van der Waals surface area contributed by atoms with Crippen LogP contribution in [0.5, 0.6) is 0 Å². The Labute approximate surface area is 115 Å². The van der Waals surface area contributed by atoms with Gasteiger partial charge in [0.2, 0.25) is 0 Å². The highest BCUT2D eigenvalue weighted by molar-refractivity contribution is 5.76. The lowest BCUT2D eigenvalue weighted by molar-refractivity contribution is -0.652. The first kappa shape index (κ1) is 11.2. The minimum atomic E-state index is 0.612. The van der Waals surface area contributed by atoms with Crippen molar-refractivity contribution in [1.29, 1.82) is 0 Å². The number of aromatic nitrogens is 3. The number of aryl methyl sites for hydroxylation is 1. The van der Waals surface area contributed by atoms with Gasteiger partial charge in [-0.2, -0.15) is 4.98 Å². The van der Waals surface area contributed by atoms with Gasteiger partial charge in [-0.05, 0) is 24.3 Å². The van der Waals surface area contributed by atoms with Crippen LogP contribution in [-0.4, -0.2) is 9.55 Å². The normalized spacial score (nSPS) is 11.5. The van der Waals surface area contributed by atoms with Crippen LogP contribution in [-0.2, 0) is 7.05 Å². The first-order valence-corrected chi connectivity index (χ1v) is 6.58. The van der Waals surface area contributed by atoms with E-state index >= 15 is 0 Å². The molecule has 2 heterocycles. The molecule has 0 saturated carbocycles. The number of fused-ring (bicyclic) bond motifs is 2. The summed E-state index contributed by atoms with van der Waals surface area (Å²) >= 11 is 0. The van der Waals surface area contributed by atoms with Crippen LogP contribution in [0.15, 0.2) is 52.9 Å². The van der Waals surface area contributed by atoms with Crippen molar-refractivity contribution in [3.8, 4) is 6.01 Å². The summed E-state index contributed by atoms with van der Waals surface area (Å²) in [5, 5.41) is 0. The molecular formula is C16H14N3O+. The fourth-order valence-electron chi connectivity index (χ4n) is 2.63. The third kappa shape index (κ3) is 1.42. The molecule has 0 spiro atoms. The van der Waals surface area contributed by atoms with Crippen LogP contribution in [0.2, 0.25) is 0 Å². The van der Waals surface area contributed by atoms with Gasteiger partial charge in [0, 0.05) is 6.92 Å². The van der Waals surface area contributed by atoms with Gasteiger partial charge in [0.15, 0.2) is 16.6 Å². The van der Waals surface area contributed by atoms with Crippen molar-refractivity contribution in [2.45, 2.75) is 6.92 Å². The van der Waals surface area contributed by atoms with E-state index in [2.05, 4.69) is 40.2 Å². The molecule has 0 atom stereocenters. The molecule has 0 saturated heterocycles. The van der Waals surface area contributed by atoms with Gasteiger partial charge < -0.3 is 4.42 Å². The van der Waals surface area contributed by atoms with Crippen molar-refractivity contribution in [1.82, 2.24) is 9.55 Å². The van der Waals surface area contributed by atoms with E-state index < -0.39 is 0 Å². The lowest BCUT2D eigenvalue weighted by Gasteiger charge is -1.91. The van der Waals surface area contributed by atoms with Gasteiger partial charge in [0.1, 0.15) is 5.52 Å². The number of benzene rings is 2. The molecule has 0 aliphatic rings. The van der Waals surface area contributed by atoms with E-state index in [1.165, 1.54) is 0 Å². The van der Waals surface area contributed by atoms with E-state index in [-0.39, 0.29) is 0 Å². The topological polar surface area (TPSA) is 34.8 Å². The molecule has 4 nitrogen and oxygen atoms in total. The molecule has 4 heteroatoms. The number of rotatable bonds is 1. The van der Waals surface area contributed by atoms with E-state index in [0.717, 1.165) is 28.0 Å². The summed E-state index contributed by atoms with van der Waals surface area (Å²) in [6.45, 7) is 2.06. The summed E-state index contributed by atoms with van der Waals surface area (Å²) in [4.78, 5) is 4.59. The number of nitrogens with zero attached hydrogens (tertiary/aromatic N) is 3. The van der Waals surface area contributed by atoms with Crippen molar-refractivity contribution < 1.29 is 8.98 Å². The first-order chi connectivity index (χ1) is 9.75. The summed E-state index contributed by atoms with van der Waals surface area (Å²) < 4.78 is 10.1. The van der Waals surface area contributed by atoms with E-state index in [0.29, 0.717) is 6.01 Å². The van der Waals surface area contributed by atoms with Gasteiger partial charge in [-0.3, -0.25) is 0 Å². The molecular weight excluding hydrogens is 250 g/mol. The molecule has 4 rings (SSSR count). The summed E-state index contributed by atoms with van der Waals surface area (Å²) in [5.74, 6) is 1.08. The molecule has 0 fully saturated rings. The molecule has 0 aliphatic carbocycles. The van der Waals surface area contributed by atoms with Crippen molar-refractivity contribution >= 4 is 22.1 Å². The zero-order valence-corrected chi connectivity index (χ0v) is 11.4. The van der Waals surface area contributed by atoms with Crippen molar-refractivity contribution in [3.05, 3.63) is 54.4 Å². The summed E-state index contributed by atoms with van der Waals surface area (Å²) in [7, 11) is 2.05. The molecule has 0 radical (unpaired) electrons. The number of hydrogen-bond acceptors (Lipinski definition) is 2. The van der Waals surface area contributed by atoms with Crippen molar-refractivity contribution in [2.24, 2.45) is 7.05 Å². The average Bonchev–Trinajstić information content (AvgIpc) is 3.00.